The molecular weight excluding hydrogens is 220 g/mol. The van der Waals surface area contributed by atoms with Crippen LogP contribution in [-0.2, 0) is 9.47 Å². The van der Waals surface area contributed by atoms with E-state index in [1.54, 1.807) is 0 Å². The first-order valence-corrected chi connectivity index (χ1v) is 6.38. The molecule has 2 unspecified atom stereocenters. The molecule has 0 amide bonds. The molecule has 0 aromatic carbocycles. The van der Waals surface area contributed by atoms with E-state index in [1.165, 1.54) is 0 Å². The predicted octanol–water partition coefficient (Wildman–Crippen LogP) is -0.307. The average molecular weight is 246 g/mol. The van der Waals surface area contributed by atoms with Crippen LogP contribution in [0.4, 0.5) is 0 Å². The van der Waals surface area contributed by atoms with Crippen LogP contribution < -0.4 is 5.32 Å². The summed E-state index contributed by atoms with van der Waals surface area (Å²) in [6, 6.07) is 0. The van der Waals surface area contributed by atoms with Crippen molar-refractivity contribution < 1.29 is 14.6 Å². The topological polar surface area (TPSA) is 54.0 Å². The van der Waals surface area contributed by atoms with Crippen LogP contribution in [0.2, 0.25) is 0 Å². The summed E-state index contributed by atoms with van der Waals surface area (Å²) >= 11 is 0. The van der Waals surface area contributed by atoms with Gasteiger partial charge in [-0.25, -0.2) is 0 Å². The number of hydrogen-bond donors (Lipinski definition) is 2. The summed E-state index contributed by atoms with van der Waals surface area (Å²) in [7, 11) is 2.10. The fraction of sp³-hybridized carbons (Fsp3) is 1.00. The number of nitrogens with zero attached hydrogens (tertiary/aromatic N) is 1. The maximum absolute atomic E-state index is 9.64. The van der Waals surface area contributed by atoms with Crippen molar-refractivity contribution in [1.29, 1.82) is 0 Å². The zero-order valence-electron chi connectivity index (χ0n) is 11.2. The van der Waals surface area contributed by atoms with Gasteiger partial charge >= 0.3 is 0 Å². The number of aliphatic hydroxyl groups excluding tert-OH is 1. The summed E-state index contributed by atoms with van der Waals surface area (Å²) in [6.45, 7) is 8.39. The van der Waals surface area contributed by atoms with E-state index in [-0.39, 0.29) is 12.2 Å². The second-order valence-electron chi connectivity index (χ2n) is 4.95. The molecule has 0 radical (unpaired) electrons. The Labute approximate surface area is 104 Å². The number of nitrogens with one attached hydrogen (secondary N) is 1. The van der Waals surface area contributed by atoms with Crippen LogP contribution in [0.15, 0.2) is 0 Å². The Morgan fingerprint density at radius 3 is 2.94 bits per heavy atom. The Hall–Kier alpha value is -0.200. The molecule has 0 spiro atoms. The highest BCUT2D eigenvalue weighted by Gasteiger charge is 2.17. The third-order valence-electron chi connectivity index (χ3n) is 2.72. The molecule has 5 nitrogen and oxygen atoms in total. The van der Waals surface area contributed by atoms with Gasteiger partial charge in [0.05, 0.1) is 31.5 Å². The van der Waals surface area contributed by atoms with Gasteiger partial charge in [0.1, 0.15) is 0 Å². The number of ether oxygens (including phenoxy) is 2. The van der Waals surface area contributed by atoms with Crippen LogP contribution in [-0.4, -0.2) is 74.8 Å². The lowest BCUT2D eigenvalue weighted by molar-refractivity contribution is -0.0228. The molecule has 0 saturated carbocycles. The molecule has 5 heteroatoms. The van der Waals surface area contributed by atoms with Crippen LogP contribution in [0.3, 0.4) is 0 Å². The van der Waals surface area contributed by atoms with Crippen LogP contribution in [0, 0.1) is 0 Å². The molecule has 0 aromatic heterocycles. The third-order valence-corrected chi connectivity index (χ3v) is 2.72. The van der Waals surface area contributed by atoms with E-state index in [0.717, 1.165) is 26.2 Å². The van der Waals surface area contributed by atoms with Gasteiger partial charge in [0.15, 0.2) is 0 Å². The predicted molar refractivity (Wildman–Crippen MR) is 67.2 cm³/mol. The van der Waals surface area contributed by atoms with Crippen LogP contribution in [0.5, 0.6) is 0 Å². The molecule has 1 saturated heterocycles. The van der Waals surface area contributed by atoms with Crippen molar-refractivity contribution in [3.8, 4) is 0 Å². The van der Waals surface area contributed by atoms with Gasteiger partial charge in [-0.1, -0.05) is 0 Å². The summed E-state index contributed by atoms with van der Waals surface area (Å²) in [4.78, 5) is 2.26. The maximum atomic E-state index is 9.64. The van der Waals surface area contributed by atoms with Gasteiger partial charge < -0.3 is 24.8 Å². The lowest BCUT2D eigenvalue weighted by atomic mass is 10.2. The Bertz CT molecular complexity index is 202. The van der Waals surface area contributed by atoms with Gasteiger partial charge in [0.2, 0.25) is 0 Å². The largest absolute Gasteiger partial charge is 0.389 e. The lowest BCUT2D eigenvalue weighted by Crippen LogP contribution is -2.46. The smallest absolute Gasteiger partial charge is 0.0897 e. The van der Waals surface area contributed by atoms with Gasteiger partial charge in [-0.05, 0) is 20.9 Å². The van der Waals surface area contributed by atoms with Crippen molar-refractivity contribution in [2.75, 3.05) is 46.4 Å². The Kier molecular flexibility index (Phi) is 6.99. The summed E-state index contributed by atoms with van der Waals surface area (Å²) in [5.41, 5.74) is 0. The zero-order valence-corrected chi connectivity index (χ0v) is 11.2. The number of morpholine rings is 1. The van der Waals surface area contributed by atoms with Gasteiger partial charge in [-0.3, -0.25) is 0 Å². The molecule has 102 valence electrons. The van der Waals surface area contributed by atoms with Crippen molar-refractivity contribution in [2.45, 2.75) is 32.2 Å². The minimum atomic E-state index is -0.446. The normalized spacial score (nSPS) is 24.2. The molecule has 1 heterocycles. The first kappa shape index (κ1) is 14.9. The van der Waals surface area contributed by atoms with E-state index in [1.807, 2.05) is 13.8 Å². The van der Waals surface area contributed by atoms with E-state index in [9.17, 15) is 5.11 Å². The number of hydrogen-bond acceptors (Lipinski definition) is 5. The quantitative estimate of drug-likeness (QED) is 0.645. The molecule has 1 rings (SSSR count). The number of rotatable bonds is 7. The average Bonchev–Trinajstić information content (AvgIpc) is 2.26. The standard InChI is InChI=1S/C12H26N2O3/c1-10(2)17-9-11(15)6-13-7-12-8-14(3)4-5-16-12/h10-13,15H,4-9H2,1-3H3. The van der Waals surface area contributed by atoms with E-state index in [2.05, 4.69) is 17.3 Å². The second kappa shape index (κ2) is 8.00. The fourth-order valence-electron chi connectivity index (χ4n) is 1.76. The van der Waals surface area contributed by atoms with Crippen molar-refractivity contribution in [3.63, 3.8) is 0 Å². The first-order valence-electron chi connectivity index (χ1n) is 6.38. The summed E-state index contributed by atoms with van der Waals surface area (Å²) < 4.78 is 10.9. The summed E-state index contributed by atoms with van der Waals surface area (Å²) in [5, 5.41) is 12.9. The van der Waals surface area contributed by atoms with Crippen molar-refractivity contribution in [2.24, 2.45) is 0 Å². The molecule has 1 aliphatic rings. The first-order chi connectivity index (χ1) is 8.08. The van der Waals surface area contributed by atoms with E-state index < -0.39 is 6.10 Å². The molecule has 2 atom stereocenters. The molecule has 17 heavy (non-hydrogen) atoms. The van der Waals surface area contributed by atoms with Crippen molar-refractivity contribution in [1.82, 2.24) is 10.2 Å². The highest BCUT2D eigenvalue weighted by Crippen LogP contribution is 2.01. The van der Waals surface area contributed by atoms with Gasteiger partial charge in [0, 0.05) is 26.2 Å². The monoisotopic (exact) mass is 246 g/mol. The maximum Gasteiger partial charge on any atom is 0.0897 e. The lowest BCUT2D eigenvalue weighted by Gasteiger charge is -2.30. The van der Waals surface area contributed by atoms with Crippen molar-refractivity contribution >= 4 is 0 Å². The molecular formula is C12H26N2O3. The van der Waals surface area contributed by atoms with Crippen molar-refractivity contribution in [3.05, 3.63) is 0 Å². The minimum Gasteiger partial charge on any atom is -0.389 e. The van der Waals surface area contributed by atoms with E-state index in [0.29, 0.717) is 13.2 Å². The minimum absolute atomic E-state index is 0.167. The molecule has 1 fully saturated rings. The molecule has 2 N–H and O–H groups in total. The van der Waals surface area contributed by atoms with Crippen LogP contribution in [0.25, 0.3) is 0 Å². The molecule has 1 aliphatic heterocycles. The second-order valence-corrected chi connectivity index (χ2v) is 4.95. The Morgan fingerprint density at radius 1 is 1.53 bits per heavy atom. The van der Waals surface area contributed by atoms with Gasteiger partial charge in [-0.2, -0.15) is 0 Å². The fourth-order valence-corrected chi connectivity index (χ4v) is 1.76. The van der Waals surface area contributed by atoms with E-state index >= 15 is 0 Å². The number of likely N-dealkylation sites (N-methyl/N-ethyl adjacent to an activating group) is 1. The molecule has 0 aliphatic carbocycles. The highest BCUT2D eigenvalue weighted by molar-refractivity contribution is 4.72. The van der Waals surface area contributed by atoms with Gasteiger partial charge in [-0.15, -0.1) is 0 Å². The summed E-state index contributed by atoms with van der Waals surface area (Å²) in [5.74, 6) is 0. The SMILES string of the molecule is CC(C)OCC(O)CNCC1CN(C)CCO1. The Morgan fingerprint density at radius 2 is 2.29 bits per heavy atom. The Balaban J connectivity index is 2.02. The summed E-state index contributed by atoms with van der Waals surface area (Å²) in [6.07, 6.45) is -0.0503. The van der Waals surface area contributed by atoms with Gasteiger partial charge in [0.25, 0.3) is 0 Å². The molecule has 0 aromatic rings. The van der Waals surface area contributed by atoms with E-state index in [4.69, 9.17) is 9.47 Å². The molecule has 0 bridgehead atoms. The zero-order chi connectivity index (χ0) is 12.7. The number of aliphatic hydroxyl groups is 1. The third kappa shape index (κ3) is 6.95. The highest BCUT2D eigenvalue weighted by atomic mass is 16.5. The van der Waals surface area contributed by atoms with Crippen LogP contribution in [0.1, 0.15) is 13.8 Å². The van der Waals surface area contributed by atoms with Crippen LogP contribution >= 0.6 is 0 Å².